The minimum absolute atomic E-state index is 0. The van der Waals surface area contributed by atoms with E-state index >= 15 is 0 Å². The Bertz CT molecular complexity index is 571. The number of H-pyrrole nitrogens is 1. The molecule has 0 bridgehead atoms. The zero-order valence-corrected chi connectivity index (χ0v) is 10.3. The Morgan fingerprint density at radius 1 is 1.22 bits per heavy atom. The first kappa shape index (κ1) is 10.3. The van der Waals surface area contributed by atoms with Crippen molar-refractivity contribution in [1.29, 1.82) is 0 Å². The molecule has 2 aliphatic rings. The molecule has 2 N–H and O–H groups in total. The zero-order valence-electron chi connectivity index (χ0n) is 10.3. The Labute approximate surface area is 107 Å². The lowest BCUT2D eigenvalue weighted by Crippen LogP contribution is -2.44. The van der Waals surface area contributed by atoms with E-state index in [0.29, 0.717) is 0 Å². The number of nitrogens with one attached hydrogen (secondary N) is 2. The Balaban J connectivity index is 0.00000110. The van der Waals surface area contributed by atoms with Crippen molar-refractivity contribution in [2.45, 2.75) is 18.8 Å². The van der Waals surface area contributed by atoms with E-state index in [0.717, 1.165) is 43.6 Å². The van der Waals surface area contributed by atoms with E-state index in [1.807, 2.05) is 0 Å². The normalized spacial score (nSPS) is 20.6. The van der Waals surface area contributed by atoms with Crippen molar-refractivity contribution < 1.29 is 1.43 Å². The molecule has 96 valence electrons. The monoisotopic (exact) mass is 245 g/mol. The van der Waals surface area contributed by atoms with Gasteiger partial charge in [0.25, 0.3) is 0 Å². The fourth-order valence-corrected chi connectivity index (χ4v) is 2.80. The van der Waals surface area contributed by atoms with Crippen LogP contribution in [0.4, 0.5) is 5.82 Å². The number of aromatic amines is 1. The molecule has 4 rings (SSSR count). The number of anilines is 1. The minimum atomic E-state index is 0. The van der Waals surface area contributed by atoms with E-state index in [-0.39, 0.29) is 1.43 Å². The van der Waals surface area contributed by atoms with Crippen molar-refractivity contribution in [1.82, 2.24) is 20.3 Å². The lowest BCUT2D eigenvalue weighted by atomic mass is 10.1. The third kappa shape index (κ3) is 1.58. The molecule has 0 atom stereocenters. The van der Waals surface area contributed by atoms with Crippen LogP contribution in [0.25, 0.3) is 11.0 Å². The highest BCUT2D eigenvalue weighted by Crippen LogP contribution is 2.44. The average Bonchev–Trinajstić information content (AvgIpc) is 3.19. The molecule has 3 heterocycles. The van der Waals surface area contributed by atoms with Gasteiger partial charge in [-0.05, 0) is 24.3 Å². The molecule has 5 heteroatoms. The zero-order chi connectivity index (χ0) is 11.9. The van der Waals surface area contributed by atoms with Gasteiger partial charge < -0.3 is 15.2 Å². The molecule has 0 radical (unpaired) electrons. The van der Waals surface area contributed by atoms with E-state index in [2.05, 4.69) is 31.4 Å². The average molecular weight is 245 g/mol. The van der Waals surface area contributed by atoms with Crippen molar-refractivity contribution in [2.24, 2.45) is 0 Å². The van der Waals surface area contributed by atoms with Crippen LogP contribution in [0, 0.1) is 0 Å². The summed E-state index contributed by atoms with van der Waals surface area (Å²) in [5.41, 5.74) is 2.40. The third-order valence-electron chi connectivity index (χ3n) is 3.91. The molecule has 0 amide bonds. The molecule has 18 heavy (non-hydrogen) atoms. The lowest BCUT2D eigenvalue weighted by molar-refractivity contribution is 0.586. The highest BCUT2D eigenvalue weighted by atomic mass is 15.2. The first-order chi connectivity index (χ1) is 8.93. The van der Waals surface area contributed by atoms with Crippen molar-refractivity contribution in [3.8, 4) is 0 Å². The van der Waals surface area contributed by atoms with Gasteiger partial charge in [-0.2, -0.15) is 0 Å². The van der Waals surface area contributed by atoms with Gasteiger partial charge in [0.05, 0.1) is 5.39 Å². The molecule has 2 aromatic rings. The van der Waals surface area contributed by atoms with Crippen LogP contribution in [0.1, 0.15) is 25.7 Å². The molecule has 0 unspecified atom stereocenters. The van der Waals surface area contributed by atoms with Crippen LogP contribution < -0.4 is 10.2 Å². The van der Waals surface area contributed by atoms with Crippen molar-refractivity contribution in [3.05, 3.63) is 18.1 Å². The Morgan fingerprint density at radius 2 is 2.06 bits per heavy atom. The van der Waals surface area contributed by atoms with Crippen molar-refractivity contribution in [3.63, 3.8) is 0 Å². The summed E-state index contributed by atoms with van der Waals surface area (Å²) in [5, 5.41) is 4.63. The van der Waals surface area contributed by atoms with E-state index in [1.54, 1.807) is 6.33 Å². The first-order valence-corrected chi connectivity index (χ1v) is 6.71. The van der Waals surface area contributed by atoms with Gasteiger partial charge in [-0.3, -0.25) is 0 Å². The van der Waals surface area contributed by atoms with Gasteiger partial charge >= 0.3 is 0 Å². The second-order valence-corrected chi connectivity index (χ2v) is 5.18. The second-order valence-electron chi connectivity index (χ2n) is 5.18. The largest absolute Gasteiger partial charge is 0.353 e. The molecule has 1 saturated carbocycles. The molecule has 1 aliphatic carbocycles. The summed E-state index contributed by atoms with van der Waals surface area (Å²) < 4.78 is 0. The molecule has 2 fully saturated rings. The third-order valence-corrected chi connectivity index (χ3v) is 3.91. The van der Waals surface area contributed by atoms with E-state index < -0.39 is 0 Å². The van der Waals surface area contributed by atoms with E-state index in [4.69, 9.17) is 0 Å². The Kier molecular flexibility index (Phi) is 2.26. The van der Waals surface area contributed by atoms with Crippen LogP contribution in [-0.2, 0) is 0 Å². The Hall–Kier alpha value is -1.62. The number of hydrogen-bond donors (Lipinski definition) is 2. The fraction of sp³-hybridized carbons (Fsp3) is 0.538. The SMILES string of the molecule is [HH].c1nc(N2CCNCC2)c2c(C3CC3)c[nH]c2n1. The molecule has 1 aliphatic heterocycles. The molecule has 0 aromatic carbocycles. The number of aromatic nitrogens is 3. The maximum absolute atomic E-state index is 4.54. The second kappa shape index (κ2) is 3.95. The summed E-state index contributed by atoms with van der Waals surface area (Å²) >= 11 is 0. The van der Waals surface area contributed by atoms with Gasteiger partial charge in [0.2, 0.25) is 0 Å². The lowest BCUT2D eigenvalue weighted by Gasteiger charge is -2.28. The van der Waals surface area contributed by atoms with Gasteiger partial charge in [0.1, 0.15) is 17.8 Å². The van der Waals surface area contributed by atoms with Gasteiger partial charge in [-0.15, -0.1) is 0 Å². The predicted octanol–water partition coefficient (Wildman–Crippen LogP) is 1.49. The first-order valence-electron chi connectivity index (χ1n) is 6.71. The van der Waals surface area contributed by atoms with Gasteiger partial charge in [0, 0.05) is 33.8 Å². The molecule has 0 spiro atoms. The van der Waals surface area contributed by atoms with Gasteiger partial charge in [-0.25, -0.2) is 9.97 Å². The van der Waals surface area contributed by atoms with Crippen LogP contribution in [0.5, 0.6) is 0 Å². The maximum Gasteiger partial charge on any atom is 0.143 e. The standard InChI is InChI=1S/C13H17N5.H2/c1-2-9(1)10-7-15-12-11(10)13(17-8-16-12)18-5-3-14-4-6-18;/h7-9,14H,1-6H2,(H,15,16,17);1H. The topological polar surface area (TPSA) is 56.8 Å². The van der Waals surface area contributed by atoms with Crippen LogP contribution in [-0.4, -0.2) is 41.1 Å². The Morgan fingerprint density at radius 3 is 2.83 bits per heavy atom. The van der Waals surface area contributed by atoms with Crippen molar-refractivity contribution >= 4 is 16.9 Å². The molecule has 1 saturated heterocycles. The minimum Gasteiger partial charge on any atom is -0.353 e. The molecular formula is C13H19N5. The summed E-state index contributed by atoms with van der Waals surface area (Å²) in [5.74, 6) is 1.84. The van der Waals surface area contributed by atoms with E-state index in [1.165, 1.54) is 23.8 Å². The predicted molar refractivity (Wildman–Crippen MR) is 73.1 cm³/mol. The van der Waals surface area contributed by atoms with Crippen LogP contribution >= 0.6 is 0 Å². The molecule has 2 aromatic heterocycles. The number of nitrogens with zero attached hydrogens (tertiary/aromatic N) is 3. The highest BCUT2D eigenvalue weighted by molar-refractivity contribution is 5.91. The quantitative estimate of drug-likeness (QED) is 0.841. The summed E-state index contributed by atoms with van der Waals surface area (Å²) in [7, 11) is 0. The van der Waals surface area contributed by atoms with Crippen LogP contribution in [0.3, 0.4) is 0 Å². The van der Waals surface area contributed by atoms with Crippen molar-refractivity contribution in [2.75, 3.05) is 31.1 Å². The van der Waals surface area contributed by atoms with Crippen LogP contribution in [0.15, 0.2) is 12.5 Å². The fourth-order valence-electron chi connectivity index (χ4n) is 2.80. The number of piperazine rings is 1. The van der Waals surface area contributed by atoms with Crippen LogP contribution in [0.2, 0.25) is 0 Å². The summed E-state index contributed by atoms with van der Waals surface area (Å²) in [6.45, 7) is 4.13. The smallest absolute Gasteiger partial charge is 0.143 e. The summed E-state index contributed by atoms with van der Waals surface area (Å²) in [6, 6.07) is 0. The summed E-state index contributed by atoms with van der Waals surface area (Å²) in [4.78, 5) is 14.6. The van der Waals surface area contributed by atoms with Gasteiger partial charge in [-0.1, -0.05) is 0 Å². The van der Waals surface area contributed by atoms with Gasteiger partial charge in [0.15, 0.2) is 0 Å². The number of hydrogen-bond acceptors (Lipinski definition) is 4. The number of rotatable bonds is 2. The molecular weight excluding hydrogens is 226 g/mol. The number of fused-ring (bicyclic) bond motifs is 1. The molecule has 5 nitrogen and oxygen atoms in total. The maximum atomic E-state index is 4.54. The highest BCUT2D eigenvalue weighted by Gasteiger charge is 2.29. The van der Waals surface area contributed by atoms with E-state index in [9.17, 15) is 0 Å². The summed E-state index contributed by atoms with van der Waals surface area (Å²) in [6.07, 6.45) is 6.42.